The summed E-state index contributed by atoms with van der Waals surface area (Å²) in [4.78, 5) is 0. The molecule has 1 saturated heterocycles. The van der Waals surface area contributed by atoms with E-state index in [1.165, 1.54) is 52.3 Å². The average molecular weight is 422 g/mol. The maximum absolute atomic E-state index is 4.17. The van der Waals surface area contributed by atoms with Crippen LogP contribution in [0.4, 0.5) is 0 Å². The summed E-state index contributed by atoms with van der Waals surface area (Å²) in [5, 5.41) is 1.35. The third-order valence-corrected chi connectivity index (χ3v) is 5.56. The first-order valence-electron chi connectivity index (χ1n) is 6.36. The van der Waals surface area contributed by atoms with Crippen LogP contribution in [0.1, 0.15) is 12.8 Å². The first-order valence-corrected chi connectivity index (χ1v) is 8.43. The summed E-state index contributed by atoms with van der Waals surface area (Å²) >= 11 is 0.640. The molecule has 0 N–H and O–H groups in total. The second-order valence-electron chi connectivity index (χ2n) is 5.24. The van der Waals surface area contributed by atoms with Crippen LogP contribution in [0.5, 0.6) is 0 Å². The van der Waals surface area contributed by atoms with Gasteiger partial charge >= 0.3 is 111 Å². The van der Waals surface area contributed by atoms with Gasteiger partial charge in [-0.1, -0.05) is 0 Å². The van der Waals surface area contributed by atoms with Crippen molar-refractivity contribution in [2.45, 2.75) is 18.2 Å². The molecule has 0 amide bonds. The topological polar surface area (TPSA) is 0 Å². The van der Waals surface area contributed by atoms with E-state index in [1.807, 2.05) is 0 Å². The Hall–Kier alpha value is 0.169. The second-order valence-corrected chi connectivity index (χ2v) is 7.69. The Bertz CT molecular complexity index is 379. The molecule has 1 atom stereocenters. The van der Waals surface area contributed by atoms with Crippen molar-refractivity contribution in [3.63, 3.8) is 0 Å². The van der Waals surface area contributed by atoms with Crippen LogP contribution in [0.2, 0.25) is 5.32 Å². The van der Waals surface area contributed by atoms with Crippen LogP contribution in [0.3, 0.4) is 0 Å². The van der Waals surface area contributed by atoms with E-state index < -0.39 is 0 Å². The van der Waals surface area contributed by atoms with Gasteiger partial charge in [0.05, 0.1) is 0 Å². The number of likely N-dealkylation sites (N-methyl/N-ethyl adjacent to an activating group) is 1. The largest absolute Gasteiger partial charge is 1.00 e. The first kappa shape index (κ1) is 16.2. The Morgan fingerprint density at radius 1 is 1.28 bits per heavy atom. The van der Waals surface area contributed by atoms with Crippen LogP contribution in [0.25, 0.3) is 0 Å². The van der Waals surface area contributed by atoms with Gasteiger partial charge in [0, 0.05) is 0 Å². The van der Waals surface area contributed by atoms with Crippen LogP contribution in [-0.4, -0.2) is 46.1 Å². The number of halogens is 1. The van der Waals surface area contributed by atoms with Crippen molar-refractivity contribution in [3.8, 4) is 0 Å². The molecule has 0 radical (unpaired) electrons. The van der Waals surface area contributed by atoms with Gasteiger partial charge in [0.15, 0.2) is 0 Å². The summed E-state index contributed by atoms with van der Waals surface area (Å²) in [6.07, 6.45) is 2.57. The van der Waals surface area contributed by atoms with E-state index in [0.29, 0.717) is 15.0 Å². The third-order valence-electron chi connectivity index (χ3n) is 3.48. The van der Waals surface area contributed by atoms with E-state index in [9.17, 15) is 0 Å². The number of quaternary nitrogens is 1. The predicted octanol–water partition coefficient (Wildman–Crippen LogP) is -0.765. The zero-order valence-corrected chi connectivity index (χ0v) is 14.9. The van der Waals surface area contributed by atoms with Gasteiger partial charge in [-0.25, -0.2) is 0 Å². The number of piperidine rings is 1. The van der Waals surface area contributed by atoms with Gasteiger partial charge in [0.2, 0.25) is 0 Å². The smallest absolute Gasteiger partial charge is 1.00 e. The van der Waals surface area contributed by atoms with Gasteiger partial charge in [-0.2, -0.15) is 0 Å². The van der Waals surface area contributed by atoms with Crippen molar-refractivity contribution in [1.82, 2.24) is 0 Å². The fourth-order valence-electron chi connectivity index (χ4n) is 2.50. The van der Waals surface area contributed by atoms with Gasteiger partial charge in [0.1, 0.15) is 0 Å². The SMILES string of the molecule is C=C1CCC[N+](C)(CC[Se]c2ccccc2)C1.[I-]. The number of hydrogen-bond acceptors (Lipinski definition) is 0. The van der Waals surface area contributed by atoms with Crippen molar-refractivity contribution in [3.05, 3.63) is 42.5 Å². The van der Waals surface area contributed by atoms with Crippen molar-refractivity contribution in [2.24, 2.45) is 0 Å². The van der Waals surface area contributed by atoms with Crippen LogP contribution < -0.4 is 28.4 Å². The van der Waals surface area contributed by atoms with E-state index in [-0.39, 0.29) is 24.0 Å². The minimum atomic E-state index is 0. The quantitative estimate of drug-likeness (QED) is 0.259. The monoisotopic (exact) mass is 423 g/mol. The predicted molar refractivity (Wildman–Crippen MR) is 75.8 cm³/mol. The minimum absolute atomic E-state index is 0. The molecule has 2 rings (SSSR count). The molecule has 100 valence electrons. The number of likely N-dealkylation sites (tertiary alicyclic amines) is 1. The molecule has 1 aliphatic rings. The molecule has 18 heavy (non-hydrogen) atoms. The van der Waals surface area contributed by atoms with E-state index in [2.05, 4.69) is 44.0 Å². The van der Waals surface area contributed by atoms with Crippen molar-refractivity contribution in [2.75, 3.05) is 26.7 Å². The van der Waals surface area contributed by atoms with Crippen LogP contribution in [-0.2, 0) is 0 Å². The zero-order chi connectivity index (χ0) is 12.1. The third kappa shape index (κ3) is 5.04. The molecular formula is C15H22INSe. The number of nitrogens with zero attached hydrogens (tertiary/aromatic N) is 1. The van der Waals surface area contributed by atoms with E-state index in [4.69, 9.17) is 0 Å². The molecule has 3 heteroatoms. The van der Waals surface area contributed by atoms with Crippen molar-refractivity contribution >= 4 is 19.4 Å². The molecule has 1 aliphatic heterocycles. The van der Waals surface area contributed by atoms with Crippen molar-refractivity contribution < 1.29 is 28.5 Å². The summed E-state index contributed by atoms with van der Waals surface area (Å²) in [5.41, 5.74) is 1.45. The summed E-state index contributed by atoms with van der Waals surface area (Å²) in [5.74, 6) is 0. The van der Waals surface area contributed by atoms with E-state index >= 15 is 0 Å². The summed E-state index contributed by atoms with van der Waals surface area (Å²) in [7, 11) is 2.39. The van der Waals surface area contributed by atoms with Gasteiger partial charge in [-0.3, -0.25) is 0 Å². The fourth-order valence-corrected chi connectivity index (χ4v) is 4.84. The van der Waals surface area contributed by atoms with Gasteiger partial charge < -0.3 is 24.0 Å². The first-order chi connectivity index (χ1) is 8.18. The molecule has 1 heterocycles. The Morgan fingerprint density at radius 3 is 2.67 bits per heavy atom. The summed E-state index contributed by atoms with van der Waals surface area (Å²) in [6.45, 7) is 8.02. The van der Waals surface area contributed by atoms with Gasteiger partial charge in [0.25, 0.3) is 0 Å². The summed E-state index contributed by atoms with van der Waals surface area (Å²) < 4.78 is 2.75. The molecule has 1 aromatic rings. The molecule has 0 bridgehead atoms. The normalized spacial score (nSPS) is 23.5. The average Bonchev–Trinajstić information content (AvgIpc) is 2.30. The number of hydrogen-bond donors (Lipinski definition) is 0. The van der Waals surface area contributed by atoms with Gasteiger partial charge in [-0.05, 0) is 0 Å². The van der Waals surface area contributed by atoms with Crippen LogP contribution in [0, 0.1) is 0 Å². The standard InChI is InChI=1S/C15H22NSe.HI/c1-14-7-6-10-16(2,13-14)11-12-17-15-8-4-3-5-9-15;/h3-5,8-9H,1,6-7,10-13H2,2H3;1H/q+1;/p-1. The number of rotatable bonds is 4. The Balaban J connectivity index is 0.00000162. The van der Waals surface area contributed by atoms with Gasteiger partial charge in [-0.15, -0.1) is 0 Å². The molecule has 1 unspecified atom stereocenters. The number of benzene rings is 1. The molecule has 1 nitrogen and oxygen atoms in total. The van der Waals surface area contributed by atoms with Crippen molar-refractivity contribution in [1.29, 1.82) is 0 Å². The molecule has 0 saturated carbocycles. The minimum Gasteiger partial charge on any atom is -1.00 e. The molecule has 0 spiro atoms. The fraction of sp³-hybridized carbons (Fsp3) is 0.467. The Kier molecular flexibility index (Phi) is 6.93. The molecule has 0 aliphatic carbocycles. The van der Waals surface area contributed by atoms with E-state index in [0.717, 1.165) is 0 Å². The molecule has 1 aromatic carbocycles. The molecule has 1 fully saturated rings. The van der Waals surface area contributed by atoms with Crippen LogP contribution >= 0.6 is 0 Å². The Morgan fingerprint density at radius 2 is 2.00 bits per heavy atom. The molecule has 0 aromatic heterocycles. The van der Waals surface area contributed by atoms with E-state index in [1.54, 1.807) is 0 Å². The zero-order valence-electron chi connectivity index (χ0n) is 11.1. The maximum atomic E-state index is 4.17. The summed E-state index contributed by atoms with van der Waals surface area (Å²) in [6, 6.07) is 10.9. The Labute approximate surface area is 134 Å². The second kappa shape index (κ2) is 7.68. The molecular weight excluding hydrogens is 400 g/mol. The van der Waals surface area contributed by atoms with Crippen LogP contribution in [0.15, 0.2) is 42.5 Å². The maximum Gasteiger partial charge on any atom is -1.00 e.